The molecule has 2 unspecified atom stereocenters. The summed E-state index contributed by atoms with van der Waals surface area (Å²) in [6.07, 6.45) is 6.41. The predicted octanol–water partition coefficient (Wildman–Crippen LogP) is 2.45. The van der Waals surface area contributed by atoms with Gasteiger partial charge in [0.05, 0.1) is 17.9 Å². The topological polar surface area (TPSA) is 37.8 Å². The van der Waals surface area contributed by atoms with Gasteiger partial charge in [-0.05, 0) is 25.1 Å². The molecule has 3 rings (SSSR count). The second-order valence-corrected chi connectivity index (χ2v) is 5.65. The van der Waals surface area contributed by atoms with Gasteiger partial charge >= 0.3 is 0 Å². The highest BCUT2D eigenvalue weighted by atomic mass is 32.2. The second kappa shape index (κ2) is 5.08. The third-order valence-corrected chi connectivity index (χ3v) is 4.65. The molecule has 1 aliphatic heterocycles. The Hall–Kier alpha value is -1.39. The zero-order valence-electron chi connectivity index (χ0n) is 10.2. The van der Waals surface area contributed by atoms with Gasteiger partial charge in [0.15, 0.2) is 0 Å². The molecule has 0 radical (unpaired) electrons. The Balaban J connectivity index is 1.84. The van der Waals surface area contributed by atoms with E-state index in [0.717, 1.165) is 12.1 Å². The van der Waals surface area contributed by atoms with Crippen LogP contribution >= 0.6 is 11.8 Å². The van der Waals surface area contributed by atoms with E-state index >= 15 is 0 Å². The first kappa shape index (κ1) is 11.7. The standard InChI is InChI=1S/C14H15N3S/c1-15-14(11-9-16-6-7-17-11)13-8-10-4-2-3-5-12(10)18-13/h2-7,9,13-15H,8H2,1H3. The van der Waals surface area contributed by atoms with Crippen LogP contribution in [0.2, 0.25) is 0 Å². The Kier molecular flexibility index (Phi) is 3.30. The molecule has 92 valence electrons. The van der Waals surface area contributed by atoms with Crippen LogP contribution in [0.3, 0.4) is 0 Å². The maximum atomic E-state index is 4.42. The van der Waals surface area contributed by atoms with Crippen LogP contribution in [0.25, 0.3) is 0 Å². The fourth-order valence-corrected chi connectivity index (χ4v) is 3.85. The Bertz CT molecular complexity index is 505. The normalized spacial score (nSPS) is 19.5. The number of aromatic nitrogens is 2. The quantitative estimate of drug-likeness (QED) is 0.916. The Morgan fingerprint density at radius 2 is 2.22 bits per heavy atom. The minimum absolute atomic E-state index is 0.246. The van der Waals surface area contributed by atoms with E-state index in [-0.39, 0.29) is 6.04 Å². The van der Waals surface area contributed by atoms with Crippen molar-refractivity contribution in [2.24, 2.45) is 0 Å². The van der Waals surface area contributed by atoms with E-state index in [0.29, 0.717) is 5.25 Å². The summed E-state index contributed by atoms with van der Waals surface area (Å²) in [7, 11) is 1.99. The van der Waals surface area contributed by atoms with Gasteiger partial charge < -0.3 is 5.32 Å². The van der Waals surface area contributed by atoms with Crippen LogP contribution in [0.5, 0.6) is 0 Å². The van der Waals surface area contributed by atoms with E-state index in [4.69, 9.17) is 0 Å². The van der Waals surface area contributed by atoms with E-state index in [2.05, 4.69) is 39.6 Å². The Morgan fingerprint density at radius 3 is 2.94 bits per heavy atom. The van der Waals surface area contributed by atoms with Gasteiger partial charge in [-0.15, -0.1) is 11.8 Å². The van der Waals surface area contributed by atoms with Crippen molar-refractivity contribution in [2.75, 3.05) is 7.05 Å². The first-order chi connectivity index (χ1) is 8.88. The summed E-state index contributed by atoms with van der Waals surface area (Å²) in [6.45, 7) is 0. The summed E-state index contributed by atoms with van der Waals surface area (Å²) in [5.74, 6) is 0. The summed E-state index contributed by atoms with van der Waals surface area (Å²) in [5, 5.41) is 3.86. The lowest BCUT2D eigenvalue weighted by atomic mass is 10.0. The van der Waals surface area contributed by atoms with Crippen molar-refractivity contribution in [1.29, 1.82) is 0 Å². The third kappa shape index (κ3) is 2.13. The van der Waals surface area contributed by atoms with Crippen LogP contribution < -0.4 is 5.32 Å². The summed E-state index contributed by atoms with van der Waals surface area (Å²) in [4.78, 5) is 9.98. The molecule has 0 amide bonds. The molecular weight excluding hydrogens is 242 g/mol. The molecule has 1 N–H and O–H groups in total. The number of nitrogens with zero attached hydrogens (tertiary/aromatic N) is 2. The van der Waals surface area contributed by atoms with Crippen molar-refractivity contribution in [2.45, 2.75) is 22.6 Å². The fraction of sp³-hybridized carbons (Fsp3) is 0.286. The molecule has 0 saturated carbocycles. The summed E-state index contributed by atoms with van der Waals surface area (Å²) < 4.78 is 0. The number of nitrogens with one attached hydrogen (secondary N) is 1. The summed E-state index contributed by atoms with van der Waals surface area (Å²) in [5.41, 5.74) is 2.46. The second-order valence-electron chi connectivity index (χ2n) is 4.36. The van der Waals surface area contributed by atoms with Gasteiger partial charge in [0.25, 0.3) is 0 Å². The lowest BCUT2D eigenvalue weighted by molar-refractivity contribution is 0.552. The van der Waals surface area contributed by atoms with Gasteiger partial charge in [0, 0.05) is 22.5 Å². The molecule has 0 fully saturated rings. The van der Waals surface area contributed by atoms with Gasteiger partial charge in [0.1, 0.15) is 0 Å². The first-order valence-electron chi connectivity index (χ1n) is 6.06. The third-order valence-electron chi connectivity index (χ3n) is 3.26. The molecular formula is C14H15N3S. The zero-order valence-corrected chi connectivity index (χ0v) is 11.0. The van der Waals surface area contributed by atoms with Crippen molar-refractivity contribution in [3.05, 3.63) is 54.1 Å². The molecule has 0 spiro atoms. The van der Waals surface area contributed by atoms with Crippen LogP contribution in [-0.2, 0) is 6.42 Å². The van der Waals surface area contributed by atoms with Gasteiger partial charge in [-0.25, -0.2) is 0 Å². The molecule has 1 aromatic carbocycles. The summed E-state index contributed by atoms with van der Waals surface area (Å²) >= 11 is 1.93. The molecule has 18 heavy (non-hydrogen) atoms. The SMILES string of the molecule is CNC(c1cnccn1)C1Cc2ccccc2S1. The molecule has 0 saturated heterocycles. The highest BCUT2D eigenvalue weighted by molar-refractivity contribution is 8.00. The average molecular weight is 257 g/mol. The predicted molar refractivity (Wildman–Crippen MR) is 73.6 cm³/mol. The van der Waals surface area contributed by atoms with Crippen molar-refractivity contribution in [3.8, 4) is 0 Å². The molecule has 1 aliphatic rings. The van der Waals surface area contributed by atoms with Gasteiger partial charge in [-0.1, -0.05) is 18.2 Å². The largest absolute Gasteiger partial charge is 0.311 e. The number of thioether (sulfide) groups is 1. The van der Waals surface area contributed by atoms with E-state index in [1.54, 1.807) is 12.4 Å². The Morgan fingerprint density at radius 1 is 1.33 bits per heavy atom. The molecule has 4 heteroatoms. The van der Waals surface area contributed by atoms with Crippen LogP contribution in [0.15, 0.2) is 47.8 Å². The molecule has 0 aliphatic carbocycles. The van der Waals surface area contributed by atoms with Gasteiger partial charge in [-0.3, -0.25) is 9.97 Å². The van der Waals surface area contributed by atoms with Crippen LogP contribution in [0, 0.1) is 0 Å². The smallest absolute Gasteiger partial charge is 0.0767 e. The number of benzene rings is 1. The molecule has 1 aromatic heterocycles. The average Bonchev–Trinajstić information content (AvgIpc) is 2.84. The summed E-state index contributed by atoms with van der Waals surface area (Å²) in [6, 6.07) is 8.87. The molecule has 2 aromatic rings. The number of hydrogen-bond acceptors (Lipinski definition) is 4. The minimum Gasteiger partial charge on any atom is -0.311 e. The van der Waals surface area contributed by atoms with Crippen LogP contribution in [0.1, 0.15) is 17.3 Å². The van der Waals surface area contributed by atoms with E-state index < -0.39 is 0 Å². The minimum atomic E-state index is 0.246. The maximum Gasteiger partial charge on any atom is 0.0767 e. The molecule has 2 atom stereocenters. The zero-order chi connectivity index (χ0) is 12.4. The lowest BCUT2D eigenvalue weighted by Crippen LogP contribution is -2.28. The van der Waals surface area contributed by atoms with Crippen molar-refractivity contribution in [3.63, 3.8) is 0 Å². The van der Waals surface area contributed by atoms with Crippen LogP contribution in [0.4, 0.5) is 0 Å². The van der Waals surface area contributed by atoms with Gasteiger partial charge in [-0.2, -0.15) is 0 Å². The van der Waals surface area contributed by atoms with Gasteiger partial charge in [0.2, 0.25) is 0 Å². The number of hydrogen-bond donors (Lipinski definition) is 1. The Labute approximate surface area is 111 Å². The number of rotatable bonds is 3. The monoisotopic (exact) mass is 257 g/mol. The van der Waals surface area contributed by atoms with Crippen molar-refractivity contribution < 1.29 is 0 Å². The highest BCUT2D eigenvalue weighted by Gasteiger charge is 2.30. The highest BCUT2D eigenvalue weighted by Crippen LogP contribution is 2.41. The van der Waals surface area contributed by atoms with E-state index in [1.807, 2.05) is 25.0 Å². The first-order valence-corrected chi connectivity index (χ1v) is 6.94. The van der Waals surface area contributed by atoms with E-state index in [9.17, 15) is 0 Å². The van der Waals surface area contributed by atoms with Crippen molar-refractivity contribution >= 4 is 11.8 Å². The maximum absolute atomic E-state index is 4.42. The van der Waals surface area contributed by atoms with Crippen molar-refractivity contribution in [1.82, 2.24) is 15.3 Å². The lowest BCUT2D eigenvalue weighted by Gasteiger charge is -2.21. The van der Waals surface area contributed by atoms with Crippen LogP contribution in [-0.4, -0.2) is 22.3 Å². The molecule has 3 nitrogen and oxygen atoms in total. The molecule has 2 heterocycles. The number of fused-ring (bicyclic) bond motifs is 1. The molecule has 0 bridgehead atoms. The van der Waals surface area contributed by atoms with E-state index in [1.165, 1.54) is 10.5 Å². The fourth-order valence-electron chi connectivity index (χ4n) is 2.39.